The molecular weight excluding hydrogens is 555 g/mol. The second kappa shape index (κ2) is 11.6. The van der Waals surface area contributed by atoms with Crippen molar-refractivity contribution in [2.24, 2.45) is 0 Å². The van der Waals surface area contributed by atoms with E-state index in [0.29, 0.717) is 25.8 Å². The zero-order chi connectivity index (χ0) is 23.8. The molecule has 0 saturated carbocycles. The van der Waals surface area contributed by atoms with Gasteiger partial charge in [0.05, 0.1) is 16.1 Å². The molecule has 168 valence electrons. The summed E-state index contributed by atoms with van der Waals surface area (Å²) >= 11 is 6.91. The van der Waals surface area contributed by atoms with Crippen molar-refractivity contribution in [3.05, 3.63) is 97.7 Å². The molecule has 3 aromatic carbocycles. The van der Waals surface area contributed by atoms with Crippen molar-refractivity contribution >= 4 is 43.8 Å². The van der Waals surface area contributed by atoms with E-state index in [4.69, 9.17) is 9.47 Å². The molecule has 1 N–H and O–H groups in total. The number of methoxy groups -OCH3 is 1. The van der Waals surface area contributed by atoms with Crippen molar-refractivity contribution in [3.8, 4) is 17.6 Å². The maximum Gasteiger partial charge on any atom is 0.262 e. The SMILES string of the molecule is COc1ccc(CNC(=O)/C(C#N)=C\c2cc(Br)c(OCc3cccc(F)c3)c(Br)c2)cc1. The summed E-state index contributed by atoms with van der Waals surface area (Å²) in [5, 5.41) is 12.2. The molecule has 0 unspecified atom stereocenters. The highest BCUT2D eigenvalue weighted by Gasteiger charge is 2.13. The Kier molecular flexibility index (Phi) is 8.64. The number of carbonyl (C=O) groups is 1. The fourth-order valence-electron chi connectivity index (χ4n) is 2.92. The third-order valence-corrected chi connectivity index (χ3v) is 5.76. The molecule has 0 radical (unpaired) electrons. The first-order chi connectivity index (χ1) is 15.9. The Morgan fingerprint density at radius 1 is 1.09 bits per heavy atom. The average Bonchev–Trinajstić information content (AvgIpc) is 2.81. The van der Waals surface area contributed by atoms with Gasteiger partial charge in [-0.05, 0) is 91.0 Å². The molecule has 0 aliphatic carbocycles. The van der Waals surface area contributed by atoms with Gasteiger partial charge >= 0.3 is 0 Å². The fourth-order valence-corrected chi connectivity index (χ4v) is 4.37. The van der Waals surface area contributed by atoms with Gasteiger partial charge in [0, 0.05) is 6.54 Å². The standard InChI is InChI=1S/C25H19Br2FN2O3/c1-32-21-7-5-16(6-8-21)14-30-25(31)19(13-29)9-18-11-22(26)24(23(27)12-18)33-15-17-3-2-4-20(28)10-17/h2-12H,14-15H2,1H3,(H,30,31)/b19-9-. The lowest BCUT2D eigenvalue weighted by Gasteiger charge is -2.12. The second-order valence-electron chi connectivity index (χ2n) is 6.93. The molecule has 3 rings (SSSR count). The van der Waals surface area contributed by atoms with Crippen LogP contribution in [0.5, 0.6) is 11.5 Å². The summed E-state index contributed by atoms with van der Waals surface area (Å²) in [6, 6.07) is 18.9. The molecule has 0 aliphatic rings. The van der Waals surface area contributed by atoms with Gasteiger partial charge in [0.1, 0.15) is 35.6 Å². The Bertz CT molecular complexity index is 1200. The van der Waals surface area contributed by atoms with Gasteiger partial charge < -0.3 is 14.8 Å². The van der Waals surface area contributed by atoms with Crippen molar-refractivity contribution in [1.29, 1.82) is 5.26 Å². The van der Waals surface area contributed by atoms with E-state index in [2.05, 4.69) is 37.2 Å². The zero-order valence-electron chi connectivity index (χ0n) is 17.6. The Hall–Kier alpha value is -3.15. The molecule has 0 fully saturated rings. The van der Waals surface area contributed by atoms with Crippen LogP contribution in [-0.4, -0.2) is 13.0 Å². The maximum absolute atomic E-state index is 13.4. The number of nitriles is 1. The van der Waals surface area contributed by atoms with Crippen LogP contribution in [0, 0.1) is 17.1 Å². The Morgan fingerprint density at radius 3 is 2.39 bits per heavy atom. The molecule has 0 atom stereocenters. The number of hydrogen-bond acceptors (Lipinski definition) is 4. The van der Waals surface area contributed by atoms with Gasteiger partial charge in [0.25, 0.3) is 5.91 Å². The molecule has 0 bridgehead atoms. The molecule has 0 aliphatic heterocycles. The quantitative estimate of drug-likeness (QED) is 0.259. The minimum atomic E-state index is -0.480. The van der Waals surface area contributed by atoms with Crippen molar-refractivity contribution < 1.29 is 18.7 Å². The van der Waals surface area contributed by atoms with E-state index in [9.17, 15) is 14.4 Å². The summed E-state index contributed by atoms with van der Waals surface area (Å²) in [5.74, 6) is 0.442. The largest absolute Gasteiger partial charge is 0.497 e. The lowest BCUT2D eigenvalue weighted by molar-refractivity contribution is -0.117. The molecule has 3 aromatic rings. The summed E-state index contributed by atoms with van der Waals surface area (Å²) < 4.78 is 25.5. The molecule has 5 nitrogen and oxygen atoms in total. The minimum absolute atomic E-state index is 0.0317. The van der Waals surface area contributed by atoms with Gasteiger partial charge in [-0.1, -0.05) is 24.3 Å². The van der Waals surface area contributed by atoms with Crippen molar-refractivity contribution in [2.75, 3.05) is 7.11 Å². The number of nitrogens with zero attached hydrogens (tertiary/aromatic N) is 1. The van der Waals surface area contributed by atoms with Gasteiger partial charge in [0.15, 0.2) is 0 Å². The maximum atomic E-state index is 13.4. The highest BCUT2D eigenvalue weighted by Crippen LogP contribution is 2.36. The number of amides is 1. The van der Waals surface area contributed by atoms with Crippen molar-refractivity contribution in [2.45, 2.75) is 13.2 Å². The van der Waals surface area contributed by atoms with Gasteiger partial charge in [-0.15, -0.1) is 0 Å². The number of ether oxygens (including phenoxy) is 2. The zero-order valence-corrected chi connectivity index (χ0v) is 20.7. The predicted octanol–water partition coefficient (Wildman–Crippen LogP) is 6.16. The van der Waals surface area contributed by atoms with E-state index in [1.807, 2.05) is 18.2 Å². The summed E-state index contributed by atoms with van der Waals surface area (Å²) in [4.78, 5) is 12.5. The third-order valence-electron chi connectivity index (χ3n) is 4.58. The Morgan fingerprint density at radius 2 is 1.79 bits per heavy atom. The number of halogens is 3. The summed E-state index contributed by atoms with van der Waals surface area (Å²) in [6.07, 6.45) is 1.50. The van der Waals surface area contributed by atoms with Gasteiger partial charge in [-0.25, -0.2) is 4.39 Å². The second-order valence-corrected chi connectivity index (χ2v) is 8.64. The number of benzene rings is 3. The first kappa shape index (κ1) is 24.5. The molecule has 0 heterocycles. The summed E-state index contributed by atoms with van der Waals surface area (Å²) in [6.45, 7) is 0.462. The minimum Gasteiger partial charge on any atom is -0.497 e. The van der Waals surface area contributed by atoms with Gasteiger partial charge in [0.2, 0.25) is 0 Å². The van der Waals surface area contributed by atoms with Gasteiger partial charge in [-0.3, -0.25) is 4.79 Å². The van der Waals surface area contributed by atoms with E-state index < -0.39 is 5.91 Å². The van der Waals surface area contributed by atoms with Crippen molar-refractivity contribution in [1.82, 2.24) is 5.32 Å². The molecular formula is C25H19Br2FN2O3. The van der Waals surface area contributed by atoms with E-state index in [-0.39, 0.29) is 24.5 Å². The van der Waals surface area contributed by atoms with Crippen LogP contribution in [0.3, 0.4) is 0 Å². The van der Waals surface area contributed by atoms with Crippen LogP contribution in [0.2, 0.25) is 0 Å². The number of rotatable bonds is 8. The first-order valence-corrected chi connectivity index (χ1v) is 11.4. The van der Waals surface area contributed by atoms with Crippen LogP contribution >= 0.6 is 31.9 Å². The predicted molar refractivity (Wildman–Crippen MR) is 131 cm³/mol. The molecule has 0 saturated heterocycles. The van der Waals surface area contributed by atoms with Crippen LogP contribution in [0.25, 0.3) is 6.08 Å². The summed E-state index contributed by atoms with van der Waals surface area (Å²) in [7, 11) is 1.58. The first-order valence-electron chi connectivity index (χ1n) is 9.79. The van der Waals surface area contributed by atoms with E-state index in [0.717, 1.165) is 11.3 Å². The number of carbonyl (C=O) groups excluding carboxylic acids is 1. The topological polar surface area (TPSA) is 71.3 Å². The van der Waals surface area contributed by atoms with Gasteiger partial charge in [-0.2, -0.15) is 5.26 Å². The highest BCUT2D eigenvalue weighted by atomic mass is 79.9. The molecule has 0 spiro atoms. The van der Waals surface area contributed by atoms with E-state index >= 15 is 0 Å². The molecule has 33 heavy (non-hydrogen) atoms. The number of nitrogens with one attached hydrogen (secondary N) is 1. The van der Waals surface area contributed by atoms with E-state index in [1.165, 1.54) is 18.2 Å². The monoisotopic (exact) mass is 572 g/mol. The van der Waals surface area contributed by atoms with Crippen LogP contribution in [0.1, 0.15) is 16.7 Å². The highest BCUT2D eigenvalue weighted by molar-refractivity contribution is 9.11. The van der Waals surface area contributed by atoms with Crippen LogP contribution in [-0.2, 0) is 17.9 Å². The lowest BCUT2D eigenvalue weighted by Crippen LogP contribution is -2.23. The van der Waals surface area contributed by atoms with Crippen LogP contribution in [0.15, 0.2) is 75.2 Å². The van der Waals surface area contributed by atoms with Crippen LogP contribution in [0.4, 0.5) is 4.39 Å². The number of hydrogen-bond donors (Lipinski definition) is 1. The molecule has 8 heteroatoms. The van der Waals surface area contributed by atoms with Crippen molar-refractivity contribution in [3.63, 3.8) is 0 Å². The normalized spacial score (nSPS) is 10.9. The average molecular weight is 574 g/mol. The fraction of sp³-hybridized carbons (Fsp3) is 0.120. The Balaban J connectivity index is 1.69. The third kappa shape index (κ3) is 6.91. The van der Waals surface area contributed by atoms with E-state index in [1.54, 1.807) is 43.5 Å². The molecule has 1 amide bonds. The lowest BCUT2D eigenvalue weighted by atomic mass is 10.1. The molecule has 0 aromatic heterocycles. The smallest absolute Gasteiger partial charge is 0.262 e. The van der Waals surface area contributed by atoms with Crippen LogP contribution < -0.4 is 14.8 Å². The summed E-state index contributed by atoms with van der Waals surface area (Å²) in [5.41, 5.74) is 2.17. The Labute approximate surface area is 208 Å².